The molecule has 0 saturated carbocycles. The van der Waals surface area contributed by atoms with E-state index in [9.17, 15) is 4.79 Å². The molecule has 0 aromatic heterocycles. The highest BCUT2D eigenvalue weighted by atomic mass is 16.2. The van der Waals surface area contributed by atoms with Gasteiger partial charge in [0.25, 0.3) is 0 Å². The number of carbonyl (C=O) groups is 1. The molecule has 0 aromatic carbocycles. The van der Waals surface area contributed by atoms with Crippen molar-refractivity contribution in [2.24, 2.45) is 5.41 Å². The molecule has 1 heterocycles. The van der Waals surface area contributed by atoms with Crippen molar-refractivity contribution in [3.05, 3.63) is 11.6 Å². The third-order valence-electron chi connectivity index (χ3n) is 4.26. The second-order valence-corrected chi connectivity index (χ2v) is 5.96. The fraction of sp³-hybridized carbons (Fsp3) is 0.800. The van der Waals surface area contributed by atoms with Crippen LogP contribution >= 0.6 is 0 Å². The molecule has 3 nitrogen and oxygen atoms in total. The van der Waals surface area contributed by atoms with Gasteiger partial charge in [-0.15, -0.1) is 0 Å². The SMILES string of the molecule is CC1(C(=O)NCCC2=CCCCC2)CCCNC1. The zero-order valence-corrected chi connectivity index (χ0v) is 11.6. The molecule has 0 aromatic rings. The Bertz CT molecular complexity index is 316. The van der Waals surface area contributed by atoms with Crippen molar-refractivity contribution < 1.29 is 4.79 Å². The Morgan fingerprint density at radius 1 is 1.44 bits per heavy atom. The van der Waals surface area contributed by atoms with Crippen LogP contribution in [-0.2, 0) is 4.79 Å². The molecular weight excluding hydrogens is 224 g/mol. The molecule has 0 bridgehead atoms. The van der Waals surface area contributed by atoms with E-state index in [1.165, 1.54) is 31.3 Å². The number of allylic oxidation sites excluding steroid dienone is 1. The third-order valence-corrected chi connectivity index (χ3v) is 4.26. The summed E-state index contributed by atoms with van der Waals surface area (Å²) in [5, 5.41) is 6.44. The molecule has 1 aliphatic heterocycles. The summed E-state index contributed by atoms with van der Waals surface area (Å²) in [5.41, 5.74) is 1.34. The summed E-state index contributed by atoms with van der Waals surface area (Å²) in [5.74, 6) is 0.228. The van der Waals surface area contributed by atoms with E-state index in [0.29, 0.717) is 0 Å². The van der Waals surface area contributed by atoms with E-state index >= 15 is 0 Å². The van der Waals surface area contributed by atoms with Crippen molar-refractivity contribution in [3.8, 4) is 0 Å². The van der Waals surface area contributed by atoms with Gasteiger partial charge in [-0.05, 0) is 58.4 Å². The van der Waals surface area contributed by atoms with Crippen molar-refractivity contribution in [2.75, 3.05) is 19.6 Å². The second-order valence-electron chi connectivity index (χ2n) is 5.96. The molecule has 1 fully saturated rings. The van der Waals surface area contributed by atoms with Crippen LogP contribution in [0.4, 0.5) is 0 Å². The van der Waals surface area contributed by atoms with Crippen LogP contribution in [0.15, 0.2) is 11.6 Å². The van der Waals surface area contributed by atoms with Gasteiger partial charge in [0, 0.05) is 13.1 Å². The summed E-state index contributed by atoms with van der Waals surface area (Å²) in [6.07, 6.45) is 10.6. The van der Waals surface area contributed by atoms with E-state index < -0.39 is 0 Å². The lowest BCUT2D eigenvalue weighted by Crippen LogP contribution is -2.48. The van der Waals surface area contributed by atoms with Crippen LogP contribution in [0.2, 0.25) is 0 Å². The zero-order valence-electron chi connectivity index (χ0n) is 11.6. The van der Waals surface area contributed by atoms with Gasteiger partial charge in [0.15, 0.2) is 0 Å². The molecule has 3 heteroatoms. The van der Waals surface area contributed by atoms with Crippen LogP contribution in [0.3, 0.4) is 0 Å². The monoisotopic (exact) mass is 250 g/mol. The van der Waals surface area contributed by atoms with Gasteiger partial charge in [0.05, 0.1) is 5.41 Å². The quantitative estimate of drug-likeness (QED) is 0.752. The fourth-order valence-electron chi connectivity index (χ4n) is 2.93. The van der Waals surface area contributed by atoms with Crippen molar-refractivity contribution in [2.45, 2.75) is 51.9 Å². The van der Waals surface area contributed by atoms with Gasteiger partial charge in [-0.3, -0.25) is 4.79 Å². The summed E-state index contributed by atoms with van der Waals surface area (Å²) in [4.78, 5) is 12.2. The second kappa shape index (κ2) is 6.37. The molecule has 2 N–H and O–H groups in total. The van der Waals surface area contributed by atoms with E-state index in [-0.39, 0.29) is 11.3 Å². The molecule has 2 rings (SSSR count). The van der Waals surface area contributed by atoms with Crippen molar-refractivity contribution in [1.29, 1.82) is 0 Å². The maximum absolute atomic E-state index is 12.2. The number of rotatable bonds is 4. The number of piperidine rings is 1. The van der Waals surface area contributed by atoms with Crippen LogP contribution < -0.4 is 10.6 Å². The Labute approximate surface area is 110 Å². The Morgan fingerprint density at radius 3 is 3.00 bits per heavy atom. The molecular formula is C15H26N2O. The topological polar surface area (TPSA) is 41.1 Å². The van der Waals surface area contributed by atoms with Gasteiger partial charge < -0.3 is 10.6 Å². The van der Waals surface area contributed by atoms with E-state index in [1.807, 2.05) is 0 Å². The van der Waals surface area contributed by atoms with Gasteiger partial charge in [0.2, 0.25) is 5.91 Å². The van der Waals surface area contributed by atoms with E-state index in [1.54, 1.807) is 0 Å². The summed E-state index contributed by atoms with van der Waals surface area (Å²) in [6, 6.07) is 0. The summed E-state index contributed by atoms with van der Waals surface area (Å²) < 4.78 is 0. The third kappa shape index (κ3) is 3.58. The maximum atomic E-state index is 12.2. The predicted octanol–water partition coefficient (Wildman–Crippen LogP) is 2.38. The molecule has 18 heavy (non-hydrogen) atoms. The van der Waals surface area contributed by atoms with Crippen LogP contribution in [-0.4, -0.2) is 25.5 Å². The van der Waals surface area contributed by atoms with Crippen LogP contribution in [0, 0.1) is 5.41 Å². The van der Waals surface area contributed by atoms with Crippen LogP contribution in [0.1, 0.15) is 51.9 Å². The standard InChI is InChI=1S/C15H26N2O/c1-15(9-5-10-16-12-15)14(18)17-11-8-13-6-3-2-4-7-13/h6,16H,2-5,7-12H2,1H3,(H,17,18). The first-order valence-electron chi connectivity index (χ1n) is 7.38. The molecule has 1 amide bonds. The molecule has 0 radical (unpaired) electrons. The molecule has 102 valence electrons. The fourth-order valence-corrected chi connectivity index (χ4v) is 2.93. The molecule has 1 unspecified atom stereocenters. The van der Waals surface area contributed by atoms with Gasteiger partial charge >= 0.3 is 0 Å². The van der Waals surface area contributed by atoms with Crippen LogP contribution in [0.5, 0.6) is 0 Å². The van der Waals surface area contributed by atoms with Gasteiger partial charge in [-0.25, -0.2) is 0 Å². The van der Waals surface area contributed by atoms with Crippen molar-refractivity contribution in [3.63, 3.8) is 0 Å². The number of carbonyl (C=O) groups excluding carboxylic acids is 1. The number of hydrogen-bond donors (Lipinski definition) is 2. The molecule has 1 saturated heterocycles. The van der Waals surface area contributed by atoms with Gasteiger partial charge in [0.1, 0.15) is 0 Å². The number of hydrogen-bond acceptors (Lipinski definition) is 2. The summed E-state index contributed by atoms with van der Waals surface area (Å²) >= 11 is 0. The molecule has 1 aliphatic carbocycles. The first-order valence-corrected chi connectivity index (χ1v) is 7.38. The highest BCUT2D eigenvalue weighted by Gasteiger charge is 2.34. The summed E-state index contributed by atoms with van der Waals surface area (Å²) in [7, 11) is 0. The Morgan fingerprint density at radius 2 is 2.33 bits per heavy atom. The average molecular weight is 250 g/mol. The minimum absolute atomic E-state index is 0.195. The lowest BCUT2D eigenvalue weighted by Gasteiger charge is -2.32. The smallest absolute Gasteiger partial charge is 0.227 e. The normalized spacial score (nSPS) is 28.6. The first kappa shape index (κ1) is 13.6. The minimum Gasteiger partial charge on any atom is -0.355 e. The van der Waals surface area contributed by atoms with Crippen molar-refractivity contribution >= 4 is 5.91 Å². The zero-order chi connectivity index (χ0) is 12.8. The van der Waals surface area contributed by atoms with E-state index in [4.69, 9.17) is 0 Å². The largest absolute Gasteiger partial charge is 0.355 e. The average Bonchev–Trinajstić information content (AvgIpc) is 2.41. The Balaban J connectivity index is 1.72. The lowest BCUT2D eigenvalue weighted by atomic mass is 9.82. The highest BCUT2D eigenvalue weighted by Crippen LogP contribution is 2.25. The Kier molecular flexibility index (Phi) is 4.81. The van der Waals surface area contributed by atoms with Crippen LogP contribution in [0.25, 0.3) is 0 Å². The predicted molar refractivity (Wildman–Crippen MR) is 74.4 cm³/mol. The summed E-state index contributed by atoms with van der Waals surface area (Å²) in [6.45, 7) is 4.76. The molecule has 2 aliphatic rings. The molecule has 1 atom stereocenters. The highest BCUT2D eigenvalue weighted by molar-refractivity contribution is 5.82. The lowest BCUT2D eigenvalue weighted by molar-refractivity contribution is -0.131. The first-order chi connectivity index (χ1) is 8.71. The Hall–Kier alpha value is -0.830. The van der Waals surface area contributed by atoms with Gasteiger partial charge in [-0.1, -0.05) is 11.6 Å². The molecule has 0 spiro atoms. The minimum atomic E-state index is -0.195. The van der Waals surface area contributed by atoms with E-state index in [0.717, 1.165) is 38.9 Å². The maximum Gasteiger partial charge on any atom is 0.227 e. The van der Waals surface area contributed by atoms with E-state index in [2.05, 4.69) is 23.6 Å². The number of nitrogens with one attached hydrogen (secondary N) is 2. The van der Waals surface area contributed by atoms with Gasteiger partial charge in [-0.2, -0.15) is 0 Å². The number of amides is 1. The van der Waals surface area contributed by atoms with Crippen molar-refractivity contribution in [1.82, 2.24) is 10.6 Å².